The molecule has 3 aromatic carbocycles. The molecule has 0 aliphatic rings. The molecule has 0 aliphatic carbocycles. The van der Waals surface area contributed by atoms with E-state index >= 15 is 0 Å². The van der Waals surface area contributed by atoms with Gasteiger partial charge in [-0.2, -0.15) is 0 Å². The van der Waals surface area contributed by atoms with Crippen LogP contribution in [0.1, 0.15) is 67.0 Å². The highest BCUT2D eigenvalue weighted by molar-refractivity contribution is 7.81. The number of carbonyl (C=O) groups is 2. The highest BCUT2D eigenvalue weighted by atomic mass is 32.2. The number of esters is 1. The predicted octanol–water partition coefficient (Wildman–Crippen LogP) is 7.57. The molecule has 1 amide bonds. The quantitative estimate of drug-likeness (QED) is 0.126. The van der Waals surface area contributed by atoms with E-state index in [1.807, 2.05) is 81.4 Å². The third kappa shape index (κ3) is 7.83. The van der Waals surface area contributed by atoms with Crippen molar-refractivity contribution in [3.8, 4) is 11.1 Å². The summed E-state index contributed by atoms with van der Waals surface area (Å²) >= 11 is -0.968. The summed E-state index contributed by atoms with van der Waals surface area (Å²) in [6, 6.07) is 26.8. The van der Waals surface area contributed by atoms with Gasteiger partial charge in [0.05, 0.1) is 7.11 Å². The van der Waals surface area contributed by atoms with Crippen LogP contribution in [0.2, 0.25) is 0 Å². The van der Waals surface area contributed by atoms with Gasteiger partial charge in [-0.05, 0) is 68.0 Å². The van der Waals surface area contributed by atoms with Crippen molar-refractivity contribution in [3.63, 3.8) is 0 Å². The Morgan fingerprint density at radius 1 is 0.932 bits per heavy atom. The SMILES string of the molecule is COC(=O)[C@H](c1ccccc1)N(Cc1ccc(-c2cc(CC(C)C)sc2N(S(=O)[O-])C(C)(C)C)cc1)C(=O)c1ccccc1. The van der Waals surface area contributed by atoms with E-state index in [0.29, 0.717) is 22.0 Å². The average molecular weight is 632 g/mol. The molecule has 4 rings (SSSR count). The number of rotatable bonds is 11. The molecule has 232 valence electrons. The number of thiophene rings is 1. The summed E-state index contributed by atoms with van der Waals surface area (Å²) in [6.45, 7) is 10.1. The number of hydrogen-bond donors (Lipinski definition) is 0. The Kier molecular flexibility index (Phi) is 10.8. The molecule has 2 atom stereocenters. The molecule has 0 fully saturated rings. The first-order chi connectivity index (χ1) is 20.9. The van der Waals surface area contributed by atoms with Crippen molar-refractivity contribution in [3.05, 3.63) is 113 Å². The van der Waals surface area contributed by atoms with Gasteiger partial charge in [0.2, 0.25) is 0 Å². The van der Waals surface area contributed by atoms with Crippen LogP contribution in [0.5, 0.6) is 0 Å². The van der Waals surface area contributed by atoms with Crippen LogP contribution in [0, 0.1) is 5.92 Å². The van der Waals surface area contributed by atoms with Crippen LogP contribution in [0.15, 0.2) is 91.0 Å². The van der Waals surface area contributed by atoms with Gasteiger partial charge < -0.3 is 14.2 Å². The Morgan fingerprint density at radius 2 is 1.52 bits per heavy atom. The van der Waals surface area contributed by atoms with E-state index in [-0.39, 0.29) is 12.5 Å². The van der Waals surface area contributed by atoms with Crippen molar-refractivity contribution in [2.24, 2.45) is 5.92 Å². The van der Waals surface area contributed by atoms with Gasteiger partial charge in [-0.3, -0.25) is 13.3 Å². The molecule has 1 aromatic heterocycles. The second-order valence-electron chi connectivity index (χ2n) is 12.0. The lowest BCUT2D eigenvalue weighted by Gasteiger charge is -2.38. The summed E-state index contributed by atoms with van der Waals surface area (Å²) in [5.74, 6) is -0.422. The number of anilines is 1. The zero-order chi connectivity index (χ0) is 32.0. The lowest BCUT2D eigenvalue weighted by Crippen LogP contribution is -2.42. The van der Waals surface area contributed by atoms with Gasteiger partial charge in [-0.25, -0.2) is 4.79 Å². The average Bonchev–Trinajstić information content (AvgIpc) is 3.38. The van der Waals surface area contributed by atoms with Gasteiger partial charge in [0.25, 0.3) is 5.91 Å². The zero-order valence-electron chi connectivity index (χ0n) is 26.0. The van der Waals surface area contributed by atoms with Crippen molar-refractivity contribution in [2.75, 3.05) is 11.4 Å². The van der Waals surface area contributed by atoms with Gasteiger partial charge >= 0.3 is 5.97 Å². The van der Waals surface area contributed by atoms with Crippen LogP contribution < -0.4 is 4.31 Å². The van der Waals surface area contributed by atoms with Gasteiger partial charge in [-0.1, -0.05) is 86.6 Å². The Labute approximate surface area is 266 Å². The molecule has 0 saturated heterocycles. The Bertz CT molecular complexity index is 1580. The van der Waals surface area contributed by atoms with Crippen molar-refractivity contribution < 1.29 is 23.1 Å². The van der Waals surface area contributed by atoms with Gasteiger partial charge in [0.15, 0.2) is 6.04 Å². The van der Waals surface area contributed by atoms with E-state index in [4.69, 9.17) is 4.74 Å². The fourth-order valence-corrected chi connectivity index (χ4v) is 7.55. The molecule has 7 nitrogen and oxygen atoms in total. The summed E-state index contributed by atoms with van der Waals surface area (Å²) in [5.41, 5.74) is 2.96. The lowest BCUT2D eigenvalue weighted by atomic mass is 10.0. The molecular weight excluding hydrogens is 593 g/mol. The molecule has 0 spiro atoms. The maximum Gasteiger partial charge on any atom is 0.333 e. The minimum absolute atomic E-state index is 0.149. The molecule has 0 saturated carbocycles. The number of methoxy groups -OCH3 is 1. The summed E-state index contributed by atoms with van der Waals surface area (Å²) in [5, 5.41) is 0.671. The molecule has 1 unspecified atom stereocenters. The van der Waals surface area contributed by atoms with Crippen molar-refractivity contribution in [1.29, 1.82) is 0 Å². The number of benzene rings is 3. The van der Waals surface area contributed by atoms with E-state index in [9.17, 15) is 18.4 Å². The largest absolute Gasteiger partial charge is 0.755 e. The van der Waals surface area contributed by atoms with Crippen LogP contribution >= 0.6 is 11.3 Å². The number of nitrogens with zero attached hydrogens (tertiary/aromatic N) is 2. The molecule has 0 aliphatic heterocycles. The minimum Gasteiger partial charge on any atom is -0.755 e. The van der Waals surface area contributed by atoms with Crippen LogP contribution in [0.4, 0.5) is 5.00 Å². The lowest BCUT2D eigenvalue weighted by molar-refractivity contribution is -0.146. The van der Waals surface area contributed by atoms with Crippen molar-refractivity contribution >= 4 is 39.5 Å². The third-order valence-electron chi connectivity index (χ3n) is 7.07. The van der Waals surface area contributed by atoms with Crippen LogP contribution in [-0.4, -0.2) is 38.2 Å². The summed E-state index contributed by atoms with van der Waals surface area (Å²) < 4.78 is 31.5. The standard InChI is InChI=1S/C35H40N2O5S2/c1-24(2)21-29-22-30(33(43-29)37(44(40)41)35(3,4)5)26-19-17-25(18-20-26)23-36(32(38)28-15-11-8-12-16-28)31(34(39)42-6)27-13-9-7-10-14-27/h7-20,22,24,31H,21,23H2,1-6H3,(H,40,41)/p-1/t31-/m0/s1. The second kappa shape index (κ2) is 14.3. The summed E-state index contributed by atoms with van der Waals surface area (Å²) in [6.07, 6.45) is 0.837. The monoisotopic (exact) mass is 631 g/mol. The highest BCUT2D eigenvalue weighted by Gasteiger charge is 2.33. The molecule has 0 bridgehead atoms. The van der Waals surface area contributed by atoms with Crippen LogP contribution in [0.25, 0.3) is 11.1 Å². The van der Waals surface area contributed by atoms with E-state index in [2.05, 4.69) is 19.9 Å². The van der Waals surface area contributed by atoms with Gasteiger partial charge in [0.1, 0.15) is 5.00 Å². The van der Waals surface area contributed by atoms with E-state index in [1.54, 1.807) is 24.3 Å². The number of amides is 1. The number of hydrogen-bond acceptors (Lipinski definition) is 6. The minimum atomic E-state index is -2.47. The summed E-state index contributed by atoms with van der Waals surface area (Å²) in [4.78, 5) is 29.7. The fraction of sp³-hybridized carbons (Fsp3) is 0.314. The second-order valence-corrected chi connectivity index (χ2v) is 14.0. The van der Waals surface area contributed by atoms with E-state index < -0.39 is 28.8 Å². The predicted molar refractivity (Wildman–Crippen MR) is 177 cm³/mol. The molecule has 0 N–H and O–H groups in total. The number of ether oxygens (including phenoxy) is 1. The molecule has 1 heterocycles. The highest BCUT2D eigenvalue weighted by Crippen LogP contribution is 2.43. The van der Waals surface area contributed by atoms with Crippen molar-refractivity contribution in [1.82, 2.24) is 4.90 Å². The molecule has 44 heavy (non-hydrogen) atoms. The van der Waals surface area contributed by atoms with E-state index in [0.717, 1.165) is 28.0 Å². The molecule has 0 radical (unpaired) electrons. The maximum atomic E-state index is 13.9. The maximum absolute atomic E-state index is 13.9. The summed E-state index contributed by atoms with van der Waals surface area (Å²) in [7, 11) is 1.32. The first kappa shape index (κ1) is 33.1. The first-order valence-corrected chi connectivity index (χ1v) is 16.4. The topological polar surface area (TPSA) is 90.0 Å². The molecule has 4 aromatic rings. The van der Waals surface area contributed by atoms with Crippen LogP contribution in [-0.2, 0) is 33.8 Å². The normalized spacial score (nSPS) is 12.9. The Balaban J connectivity index is 1.75. The zero-order valence-corrected chi connectivity index (χ0v) is 27.6. The Hall–Kier alpha value is -3.79. The fourth-order valence-electron chi connectivity index (χ4n) is 5.09. The Morgan fingerprint density at radius 3 is 2.05 bits per heavy atom. The van der Waals surface area contributed by atoms with Gasteiger partial charge in [-0.15, -0.1) is 11.3 Å². The molecule has 9 heteroatoms. The van der Waals surface area contributed by atoms with Gasteiger partial charge in [0, 0.05) is 39.4 Å². The third-order valence-corrected chi connectivity index (χ3v) is 9.35. The number of carbonyl (C=O) groups excluding carboxylic acids is 2. The van der Waals surface area contributed by atoms with Crippen molar-refractivity contribution in [2.45, 2.75) is 59.2 Å². The smallest absolute Gasteiger partial charge is 0.333 e. The first-order valence-electron chi connectivity index (χ1n) is 14.5. The van der Waals surface area contributed by atoms with E-state index in [1.165, 1.54) is 27.7 Å². The van der Waals surface area contributed by atoms with Crippen LogP contribution in [0.3, 0.4) is 0 Å². The molecular formula is C35H39N2O5S2-.